The first-order valence-corrected chi connectivity index (χ1v) is 7.69. The molecule has 0 heterocycles. The molecule has 0 aliphatic heterocycles. The summed E-state index contributed by atoms with van der Waals surface area (Å²) in [5.74, 6) is -4.77. The summed E-state index contributed by atoms with van der Waals surface area (Å²) >= 11 is 0. The Morgan fingerprint density at radius 2 is 0.750 bits per heavy atom. The zero-order chi connectivity index (χ0) is 21.5. The van der Waals surface area contributed by atoms with Gasteiger partial charge in [0, 0.05) is 20.8 Å². The monoisotopic (exact) mass is 407 g/mol. The maximum atomic E-state index is 11.7. The molecule has 0 aliphatic rings. The van der Waals surface area contributed by atoms with E-state index in [-0.39, 0.29) is 0 Å². The van der Waals surface area contributed by atoms with Crippen LogP contribution in [0.2, 0.25) is 0 Å². The lowest BCUT2D eigenvalue weighted by Gasteiger charge is -2.19. The Hall–Kier alpha value is -3.22. The van der Waals surface area contributed by atoms with Crippen molar-refractivity contribution in [1.29, 1.82) is 0 Å². The lowest BCUT2D eigenvalue weighted by atomic mass is 10.4. The maximum absolute atomic E-state index is 11.7. The zero-order valence-corrected chi connectivity index (χ0v) is 15.6. The average molecular weight is 407 g/mol. The van der Waals surface area contributed by atoms with E-state index in [1.807, 2.05) is 0 Å². The van der Waals surface area contributed by atoms with Crippen molar-refractivity contribution in [2.75, 3.05) is 40.0 Å². The fraction of sp³-hybridized carbons (Fsp3) is 0.600. The molecule has 13 nitrogen and oxygen atoms in total. The summed E-state index contributed by atoms with van der Waals surface area (Å²) in [6.07, 6.45) is 0. The normalized spacial score (nSPS) is 9.86. The molecule has 0 unspecified atom stereocenters. The summed E-state index contributed by atoms with van der Waals surface area (Å²) in [5.41, 5.74) is 0. The highest BCUT2D eigenvalue weighted by atomic mass is 16.7. The van der Waals surface area contributed by atoms with Gasteiger partial charge < -0.3 is 28.4 Å². The van der Waals surface area contributed by atoms with Gasteiger partial charge in [-0.2, -0.15) is 0 Å². The Morgan fingerprint density at radius 1 is 0.500 bits per heavy atom. The van der Waals surface area contributed by atoms with Gasteiger partial charge in [0.25, 0.3) is 0 Å². The smallest absolute Gasteiger partial charge is 0.323 e. The molecule has 0 aromatic carbocycles. The van der Waals surface area contributed by atoms with Gasteiger partial charge in [-0.1, -0.05) is 0 Å². The molecule has 158 valence electrons. The number of hydrogen-bond acceptors (Lipinski definition) is 13. The molecule has 0 bridgehead atoms. The van der Waals surface area contributed by atoms with Crippen LogP contribution < -0.4 is 0 Å². The van der Waals surface area contributed by atoms with E-state index in [4.69, 9.17) is 0 Å². The minimum atomic E-state index is -0.915. The number of carbonyl (C=O) groups is 6. The van der Waals surface area contributed by atoms with Gasteiger partial charge in [-0.05, 0) is 0 Å². The van der Waals surface area contributed by atoms with Crippen LogP contribution in [0.4, 0.5) is 0 Å². The number of carbonyl (C=O) groups excluding carboxylic acids is 6. The molecule has 28 heavy (non-hydrogen) atoms. The van der Waals surface area contributed by atoms with Crippen LogP contribution in [-0.2, 0) is 57.2 Å². The third kappa shape index (κ3) is 15.1. The van der Waals surface area contributed by atoms with Gasteiger partial charge in [-0.25, -0.2) is 0 Å². The number of hydrogen-bond donors (Lipinski definition) is 0. The van der Waals surface area contributed by atoms with E-state index in [9.17, 15) is 28.8 Å². The summed E-state index contributed by atoms with van der Waals surface area (Å²) in [6, 6.07) is 0. The van der Waals surface area contributed by atoms with Crippen LogP contribution >= 0.6 is 0 Å². The lowest BCUT2D eigenvalue weighted by Crippen LogP contribution is -2.40. The van der Waals surface area contributed by atoms with E-state index < -0.39 is 75.8 Å². The quantitative estimate of drug-likeness (QED) is 0.208. The summed E-state index contributed by atoms with van der Waals surface area (Å²) < 4.78 is 27.1. The molecular formula is C15H21NO12. The molecule has 0 N–H and O–H groups in total. The highest BCUT2D eigenvalue weighted by Gasteiger charge is 2.21. The predicted molar refractivity (Wildman–Crippen MR) is 84.6 cm³/mol. The van der Waals surface area contributed by atoms with E-state index in [2.05, 4.69) is 28.4 Å². The molecule has 0 aromatic heterocycles. The van der Waals surface area contributed by atoms with E-state index in [1.54, 1.807) is 0 Å². The van der Waals surface area contributed by atoms with Crippen LogP contribution in [0.25, 0.3) is 0 Å². The molecule has 0 amide bonds. The van der Waals surface area contributed by atoms with E-state index >= 15 is 0 Å². The molecule has 0 fully saturated rings. The molecule has 13 heteroatoms. The molecular weight excluding hydrogens is 386 g/mol. The molecule has 0 rings (SSSR count). The zero-order valence-electron chi connectivity index (χ0n) is 15.6. The molecule has 0 aliphatic carbocycles. The summed E-state index contributed by atoms with van der Waals surface area (Å²) in [5, 5.41) is 0. The van der Waals surface area contributed by atoms with Crippen molar-refractivity contribution in [3.8, 4) is 0 Å². The van der Waals surface area contributed by atoms with Crippen molar-refractivity contribution in [2.45, 2.75) is 20.8 Å². The van der Waals surface area contributed by atoms with Crippen LogP contribution in [0, 0.1) is 0 Å². The van der Waals surface area contributed by atoms with Crippen molar-refractivity contribution in [3.63, 3.8) is 0 Å². The van der Waals surface area contributed by atoms with E-state index in [0.29, 0.717) is 0 Å². The standard InChI is InChI=1S/C15H21NO12/c1-10(17)23-7-26-13(20)4-16(5-14(21)27-8-24-11(2)18)6-15(22)28-9-25-12(3)19/h4-9H2,1-3H3. The summed E-state index contributed by atoms with van der Waals surface area (Å²) in [7, 11) is 0. The first kappa shape index (κ1) is 24.8. The largest absolute Gasteiger partial charge is 0.428 e. The maximum Gasteiger partial charge on any atom is 0.323 e. The van der Waals surface area contributed by atoms with Crippen molar-refractivity contribution >= 4 is 35.8 Å². The first-order chi connectivity index (χ1) is 13.1. The fourth-order valence-electron chi connectivity index (χ4n) is 1.39. The van der Waals surface area contributed by atoms with Gasteiger partial charge in [0.1, 0.15) is 0 Å². The SMILES string of the molecule is CC(=O)OCOC(=O)CN(CC(=O)OCOC(C)=O)CC(=O)OCOC(C)=O. The van der Waals surface area contributed by atoms with Gasteiger partial charge in [0.05, 0.1) is 19.6 Å². The lowest BCUT2D eigenvalue weighted by molar-refractivity contribution is -0.168. The molecule has 0 radical (unpaired) electrons. The number of rotatable bonds is 12. The van der Waals surface area contributed by atoms with Crippen LogP contribution in [0.5, 0.6) is 0 Å². The van der Waals surface area contributed by atoms with Crippen molar-refractivity contribution in [1.82, 2.24) is 4.90 Å². The number of nitrogens with zero attached hydrogens (tertiary/aromatic N) is 1. The Morgan fingerprint density at radius 3 is 0.964 bits per heavy atom. The Labute approximate surface area is 159 Å². The van der Waals surface area contributed by atoms with Gasteiger partial charge >= 0.3 is 35.8 Å². The van der Waals surface area contributed by atoms with Gasteiger partial charge in [-0.3, -0.25) is 33.7 Å². The van der Waals surface area contributed by atoms with E-state index in [1.165, 1.54) is 0 Å². The van der Waals surface area contributed by atoms with Crippen molar-refractivity contribution in [3.05, 3.63) is 0 Å². The Balaban J connectivity index is 4.62. The summed E-state index contributed by atoms with van der Waals surface area (Å²) in [4.78, 5) is 68.0. The molecule has 0 saturated heterocycles. The van der Waals surface area contributed by atoms with Gasteiger partial charge in [0.15, 0.2) is 0 Å². The second-order valence-electron chi connectivity index (χ2n) is 4.96. The summed E-state index contributed by atoms with van der Waals surface area (Å²) in [6.45, 7) is -0.289. The minimum Gasteiger partial charge on any atom is -0.428 e. The van der Waals surface area contributed by atoms with Crippen molar-refractivity contribution < 1.29 is 57.2 Å². The molecule has 0 aromatic rings. The van der Waals surface area contributed by atoms with Crippen LogP contribution in [-0.4, -0.2) is 80.7 Å². The molecule has 0 saturated carbocycles. The Kier molecular flexibility index (Phi) is 12.3. The Bertz CT molecular complexity index is 507. The average Bonchev–Trinajstić information content (AvgIpc) is 2.53. The second kappa shape index (κ2) is 13.9. The second-order valence-corrected chi connectivity index (χ2v) is 4.96. The third-order valence-electron chi connectivity index (χ3n) is 2.50. The number of esters is 6. The first-order valence-electron chi connectivity index (χ1n) is 7.69. The van der Waals surface area contributed by atoms with Crippen LogP contribution in [0.1, 0.15) is 20.8 Å². The number of ether oxygens (including phenoxy) is 6. The van der Waals surface area contributed by atoms with Crippen LogP contribution in [0.15, 0.2) is 0 Å². The third-order valence-corrected chi connectivity index (χ3v) is 2.50. The van der Waals surface area contributed by atoms with E-state index in [0.717, 1.165) is 25.7 Å². The van der Waals surface area contributed by atoms with Gasteiger partial charge in [0.2, 0.25) is 20.4 Å². The minimum absolute atomic E-state index is 0.563. The molecule has 0 spiro atoms. The molecule has 0 atom stereocenters. The predicted octanol–water partition coefficient (Wildman–Crippen LogP) is -1.52. The highest BCUT2D eigenvalue weighted by molar-refractivity contribution is 5.78. The fourth-order valence-corrected chi connectivity index (χ4v) is 1.39. The highest BCUT2D eigenvalue weighted by Crippen LogP contribution is 1.96. The van der Waals surface area contributed by atoms with Crippen molar-refractivity contribution in [2.24, 2.45) is 0 Å². The van der Waals surface area contributed by atoms with Crippen LogP contribution in [0.3, 0.4) is 0 Å². The topological polar surface area (TPSA) is 161 Å². The van der Waals surface area contributed by atoms with Gasteiger partial charge in [-0.15, -0.1) is 0 Å².